The predicted molar refractivity (Wildman–Crippen MR) is 80.1 cm³/mol. The van der Waals surface area contributed by atoms with E-state index < -0.39 is 10.1 Å². The Morgan fingerprint density at radius 3 is 2.29 bits per heavy atom. The highest BCUT2D eigenvalue weighted by atomic mass is 32.2. The van der Waals surface area contributed by atoms with Gasteiger partial charge in [-0.25, -0.2) is 8.42 Å². The molecule has 0 N–H and O–H groups in total. The van der Waals surface area contributed by atoms with Gasteiger partial charge in [-0.05, 0) is 19.8 Å². The van der Waals surface area contributed by atoms with Crippen molar-refractivity contribution >= 4 is 10.1 Å². The number of quaternary nitrogens is 1. The van der Waals surface area contributed by atoms with Crippen LogP contribution in [0.3, 0.4) is 0 Å². The molecule has 0 bridgehead atoms. The highest BCUT2D eigenvalue weighted by molar-refractivity contribution is 7.85. The molecule has 0 saturated carbocycles. The minimum absolute atomic E-state index is 0.238. The summed E-state index contributed by atoms with van der Waals surface area (Å²) in [5.74, 6) is -0.238. The van der Waals surface area contributed by atoms with Crippen LogP contribution in [0, 0.1) is 0 Å². The molecule has 6 nitrogen and oxygen atoms in total. The summed E-state index contributed by atoms with van der Waals surface area (Å²) >= 11 is 0. The summed E-state index contributed by atoms with van der Waals surface area (Å²) in [6.45, 7) is 8.85. The summed E-state index contributed by atoms with van der Waals surface area (Å²) in [7, 11) is -4.07. The fraction of sp³-hybridized carbons (Fsp3) is 1.00. The molecule has 0 aromatic rings. The molecule has 0 aromatic heterocycles. The first-order valence-electron chi connectivity index (χ1n) is 7.92. The van der Waals surface area contributed by atoms with Gasteiger partial charge in [0.25, 0.3) is 0 Å². The maximum Gasteiger partial charge on any atom is 0.102 e. The number of rotatable bonds is 12. The molecule has 1 aliphatic rings. The fourth-order valence-electron chi connectivity index (χ4n) is 2.91. The van der Waals surface area contributed by atoms with Gasteiger partial charge < -0.3 is 18.5 Å². The lowest BCUT2D eigenvalue weighted by Crippen LogP contribution is -2.48. The zero-order chi connectivity index (χ0) is 15.6. The number of likely N-dealkylation sites (tertiary alicyclic amines) is 1. The smallest absolute Gasteiger partial charge is 0.102 e. The molecule has 0 aliphatic carbocycles. The minimum atomic E-state index is -4.07. The summed E-state index contributed by atoms with van der Waals surface area (Å²) in [6, 6.07) is 0. The average molecular weight is 323 g/mol. The number of hydrogen-bond donors (Lipinski definition) is 0. The Morgan fingerprint density at radius 1 is 1.00 bits per heavy atom. The molecular weight excluding hydrogens is 294 g/mol. The second-order valence-corrected chi connectivity index (χ2v) is 7.24. The lowest BCUT2D eigenvalue weighted by Gasteiger charge is -2.34. The van der Waals surface area contributed by atoms with Crippen LogP contribution in [0.1, 0.15) is 32.6 Å². The Morgan fingerprint density at radius 2 is 1.67 bits per heavy atom. The molecule has 1 rings (SSSR count). The maximum absolute atomic E-state index is 10.6. The summed E-state index contributed by atoms with van der Waals surface area (Å²) in [5, 5.41) is 0. The van der Waals surface area contributed by atoms with Crippen LogP contribution in [0.15, 0.2) is 0 Å². The zero-order valence-corrected chi connectivity index (χ0v) is 13.9. The van der Waals surface area contributed by atoms with Gasteiger partial charge in [0.15, 0.2) is 0 Å². The van der Waals surface area contributed by atoms with E-state index in [1.54, 1.807) is 0 Å². The van der Waals surface area contributed by atoms with Crippen molar-refractivity contribution in [2.24, 2.45) is 0 Å². The van der Waals surface area contributed by atoms with E-state index in [0.717, 1.165) is 37.1 Å². The second kappa shape index (κ2) is 9.74. The molecule has 21 heavy (non-hydrogen) atoms. The van der Waals surface area contributed by atoms with E-state index in [4.69, 9.17) is 9.47 Å². The fourth-order valence-corrected chi connectivity index (χ4v) is 3.47. The minimum Gasteiger partial charge on any atom is -0.748 e. The normalized spacial score (nSPS) is 18.2. The van der Waals surface area contributed by atoms with Gasteiger partial charge in [0.05, 0.1) is 49.6 Å². The number of nitrogens with zero attached hydrogens (tertiary/aromatic N) is 1. The molecule has 0 unspecified atom stereocenters. The van der Waals surface area contributed by atoms with Crippen LogP contribution in [-0.2, 0) is 19.6 Å². The van der Waals surface area contributed by atoms with Crippen LogP contribution in [0.4, 0.5) is 0 Å². The molecule has 0 amide bonds. The quantitative estimate of drug-likeness (QED) is 0.304. The zero-order valence-electron chi connectivity index (χ0n) is 13.1. The van der Waals surface area contributed by atoms with Gasteiger partial charge in [0, 0.05) is 25.2 Å². The molecule has 1 aliphatic heterocycles. The molecule has 0 radical (unpaired) electrons. The van der Waals surface area contributed by atoms with Crippen LogP contribution in [0.2, 0.25) is 0 Å². The Hall–Kier alpha value is -0.210. The molecule has 0 spiro atoms. The van der Waals surface area contributed by atoms with Gasteiger partial charge in [-0.15, -0.1) is 0 Å². The summed E-state index contributed by atoms with van der Waals surface area (Å²) in [4.78, 5) is 0. The molecule has 7 heteroatoms. The summed E-state index contributed by atoms with van der Waals surface area (Å²) in [6.07, 6.45) is 3.70. The van der Waals surface area contributed by atoms with Crippen molar-refractivity contribution in [3.63, 3.8) is 0 Å². The molecule has 0 atom stereocenters. The third kappa shape index (κ3) is 8.73. The van der Waals surface area contributed by atoms with Gasteiger partial charge in [-0.1, -0.05) is 0 Å². The number of hydrogen-bond acceptors (Lipinski definition) is 5. The van der Waals surface area contributed by atoms with E-state index in [2.05, 4.69) is 0 Å². The lowest BCUT2D eigenvalue weighted by atomic mass is 10.2. The van der Waals surface area contributed by atoms with Crippen LogP contribution < -0.4 is 0 Å². The molecule has 0 aromatic carbocycles. The van der Waals surface area contributed by atoms with Crippen LogP contribution in [0.5, 0.6) is 0 Å². The number of unbranched alkanes of at least 4 members (excludes halogenated alkanes) is 1. The van der Waals surface area contributed by atoms with Gasteiger partial charge in [0.2, 0.25) is 0 Å². The van der Waals surface area contributed by atoms with Crippen molar-refractivity contribution in [2.45, 2.75) is 32.6 Å². The lowest BCUT2D eigenvalue weighted by molar-refractivity contribution is -0.917. The van der Waals surface area contributed by atoms with E-state index in [1.165, 1.54) is 12.8 Å². The molecule has 126 valence electrons. The van der Waals surface area contributed by atoms with Crippen molar-refractivity contribution in [3.8, 4) is 0 Å². The first-order valence-corrected chi connectivity index (χ1v) is 9.49. The summed E-state index contributed by atoms with van der Waals surface area (Å²) in [5.41, 5.74) is 0. The molecular formula is C14H29NO5S. The Kier molecular flexibility index (Phi) is 8.73. The van der Waals surface area contributed by atoms with Gasteiger partial charge in [0.1, 0.15) is 6.54 Å². The third-order valence-corrected chi connectivity index (χ3v) is 4.87. The van der Waals surface area contributed by atoms with E-state index in [0.29, 0.717) is 32.8 Å². The van der Waals surface area contributed by atoms with Crippen molar-refractivity contribution in [1.82, 2.24) is 0 Å². The highest BCUT2D eigenvalue weighted by Crippen LogP contribution is 2.20. The standard InChI is InChI=1S/C14H29NO5S/c1-2-19-12-13-20-11-10-15(7-3-4-8-15)9-5-6-14-21(16,17)18/h2-14H2,1H3. The van der Waals surface area contributed by atoms with Crippen LogP contribution in [-0.4, -0.2) is 75.8 Å². The Balaban J connectivity index is 2.20. The number of ether oxygens (including phenoxy) is 2. The molecule has 1 fully saturated rings. The molecule has 1 saturated heterocycles. The van der Waals surface area contributed by atoms with Gasteiger partial charge in [-0.2, -0.15) is 0 Å². The third-order valence-electron chi connectivity index (χ3n) is 4.08. The Bertz CT molecular complexity index is 366. The van der Waals surface area contributed by atoms with E-state index >= 15 is 0 Å². The maximum atomic E-state index is 10.6. The van der Waals surface area contributed by atoms with Crippen molar-refractivity contribution < 1.29 is 26.9 Å². The van der Waals surface area contributed by atoms with Gasteiger partial charge >= 0.3 is 0 Å². The monoisotopic (exact) mass is 323 g/mol. The average Bonchev–Trinajstić information content (AvgIpc) is 2.87. The topological polar surface area (TPSA) is 75.7 Å². The highest BCUT2D eigenvalue weighted by Gasteiger charge is 2.30. The summed E-state index contributed by atoms with van der Waals surface area (Å²) < 4.78 is 43.7. The molecule has 1 heterocycles. The van der Waals surface area contributed by atoms with Crippen molar-refractivity contribution in [2.75, 3.05) is 58.4 Å². The Labute approximate surface area is 128 Å². The predicted octanol–water partition coefficient (Wildman–Crippen LogP) is 0.976. The van der Waals surface area contributed by atoms with E-state index in [1.807, 2.05) is 6.92 Å². The van der Waals surface area contributed by atoms with Crippen LogP contribution >= 0.6 is 0 Å². The first-order chi connectivity index (χ1) is 9.97. The van der Waals surface area contributed by atoms with Gasteiger partial charge in [-0.3, -0.25) is 0 Å². The van der Waals surface area contributed by atoms with Crippen molar-refractivity contribution in [3.05, 3.63) is 0 Å². The SMILES string of the molecule is CCOCCOCC[N+]1(CCCCS(=O)(=O)[O-])CCCC1. The second-order valence-electron chi connectivity index (χ2n) is 5.72. The first kappa shape index (κ1) is 18.8. The van der Waals surface area contributed by atoms with Crippen molar-refractivity contribution in [1.29, 1.82) is 0 Å². The van der Waals surface area contributed by atoms with Crippen LogP contribution in [0.25, 0.3) is 0 Å². The largest absolute Gasteiger partial charge is 0.748 e. The van der Waals surface area contributed by atoms with E-state index in [-0.39, 0.29) is 5.75 Å². The van der Waals surface area contributed by atoms with E-state index in [9.17, 15) is 13.0 Å².